The van der Waals surface area contributed by atoms with Crippen LogP contribution in [0.3, 0.4) is 0 Å². The number of nitrogens with one attached hydrogen (secondary N) is 2. The lowest BCUT2D eigenvalue weighted by Gasteiger charge is -2.04. The fourth-order valence-electron chi connectivity index (χ4n) is 1.60. The summed E-state index contributed by atoms with van der Waals surface area (Å²) in [6.45, 7) is 0.319. The molecule has 1 aromatic heterocycles. The van der Waals surface area contributed by atoms with E-state index in [4.69, 9.17) is 5.11 Å². The van der Waals surface area contributed by atoms with Crippen molar-refractivity contribution < 1.29 is 9.90 Å². The molecule has 0 unspecified atom stereocenters. The highest BCUT2D eigenvalue weighted by molar-refractivity contribution is 5.92. The number of carbonyl (C=O) groups excluding carboxylic acids is 1. The summed E-state index contributed by atoms with van der Waals surface area (Å²) in [7, 11) is 0. The second kappa shape index (κ2) is 6.43. The van der Waals surface area contributed by atoms with Gasteiger partial charge in [0.1, 0.15) is 12.3 Å². The average molecular weight is 254 g/mol. The van der Waals surface area contributed by atoms with Gasteiger partial charge in [-0.1, -0.05) is 24.0 Å². The summed E-state index contributed by atoms with van der Waals surface area (Å²) in [5.41, 5.74) is 2.38. The number of aliphatic hydroxyl groups is 1. The Morgan fingerprint density at radius 3 is 2.68 bits per heavy atom. The number of aliphatic hydroxyl groups excluding tert-OH is 1. The molecule has 0 saturated carbocycles. The van der Waals surface area contributed by atoms with E-state index < -0.39 is 0 Å². The number of aromatic nitrogens is 1. The topological polar surface area (TPSA) is 65.1 Å². The van der Waals surface area contributed by atoms with Crippen LogP contribution in [0.1, 0.15) is 21.6 Å². The Bertz CT molecular complexity index is 589. The maximum absolute atomic E-state index is 11.7. The molecule has 96 valence electrons. The average Bonchev–Trinajstić information content (AvgIpc) is 2.98. The molecule has 0 atom stereocenters. The van der Waals surface area contributed by atoms with Crippen molar-refractivity contribution >= 4 is 5.91 Å². The zero-order valence-corrected chi connectivity index (χ0v) is 10.3. The Morgan fingerprint density at radius 1 is 1.26 bits per heavy atom. The summed E-state index contributed by atoms with van der Waals surface area (Å²) in [4.78, 5) is 14.5. The van der Waals surface area contributed by atoms with Crippen molar-refractivity contribution in [1.29, 1.82) is 0 Å². The Balaban J connectivity index is 1.91. The van der Waals surface area contributed by atoms with Gasteiger partial charge >= 0.3 is 0 Å². The Labute approximate surface area is 111 Å². The first-order chi connectivity index (χ1) is 9.29. The molecule has 0 aliphatic carbocycles. The lowest BCUT2D eigenvalue weighted by atomic mass is 10.1. The Kier molecular flexibility index (Phi) is 4.38. The number of rotatable bonds is 3. The molecule has 1 heterocycles. The summed E-state index contributed by atoms with van der Waals surface area (Å²) in [6, 6.07) is 11.0. The van der Waals surface area contributed by atoms with E-state index in [2.05, 4.69) is 22.1 Å². The van der Waals surface area contributed by atoms with Crippen molar-refractivity contribution in [1.82, 2.24) is 10.3 Å². The maximum atomic E-state index is 11.7. The highest BCUT2D eigenvalue weighted by atomic mass is 16.2. The highest BCUT2D eigenvalue weighted by Gasteiger charge is 2.04. The molecule has 0 aliphatic rings. The van der Waals surface area contributed by atoms with Crippen molar-refractivity contribution in [3.63, 3.8) is 0 Å². The van der Waals surface area contributed by atoms with Crippen LogP contribution in [0.5, 0.6) is 0 Å². The molecule has 1 amide bonds. The van der Waals surface area contributed by atoms with E-state index in [0.717, 1.165) is 11.1 Å². The van der Waals surface area contributed by atoms with Crippen LogP contribution in [-0.4, -0.2) is 22.6 Å². The number of aromatic amines is 1. The Hall–Kier alpha value is -2.51. The first-order valence-electron chi connectivity index (χ1n) is 5.90. The van der Waals surface area contributed by atoms with E-state index in [1.54, 1.807) is 18.3 Å². The SMILES string of the molecule is O=C(NCc1ccc(C#CCO)cc1)c1ccc[nH]1. The van der Waals surface area contributed by atoms with Crippen LogP contribution in [0, 0.1) is 11.8 Å². The minimum absolute atomic E-state index is 0.130. The lowest BCUT2D eigenvalue weighted by molar-refractivity contribution is 0.0946. The molecule has 0 saturated heterocycles. The second-order valence-electron chi connectivity index (χ2n) is 3.92. The fourth-order valence-corrected chi connectivity index (χ4v) is 1.60. The van der Waals surface area contributed by atoms with E-state index in [-0.39, 0.29) is 12.5 Å². The summed E-state index contributed by atoms with van der Waals surface area (Å²) in [5, 5.41) is 11.4. The molecule has 1 aromatic carbocycles. The largest absolute Gasteiger partial charge is 0.384 e. The molecule has 0 bridgehead atoms. The number of carbonyl (C=O) groups is 1. The monoisotopic (exact) mass is 254 g/mol. The molecule has 4 heteroatoms. The summed E-state index contributed by atoms with van der Waals surface area (Å²) in [6.07, 6.45) is 1.71. The molecule has 0 radical (unpaired) electrons. The molecule has 0 spiro atoms. The smallest absolute Gasteiger partial charge is 0.267 e. The standard InChI is InChI=1S/C15H14N2O2/c18-10-2-3-12-5-7-13(8-6-12)11-17-15(19)14-4-1-9-16-14/h1,4-9,16,18H,10-11H2,(H,17,19). The van der Waals surface area contributed by atoms with Gasteiger partial charge < -0.3 is 15.4 Å². The minimum Gasteiger partial charge on any atom is -0.384 e. The third-order valence-corrected chi connectivity index (χ3v) is 2.56. The van der Waals surface area contributed by atoms with Gasteiger partial charge in [0.15, 0.2) is 0 Å². The van der Waals surface area contributed by atoms with Crippen LogP contribution in [0.4, 0.5) is 0 Å². The van der Waals surface area contributed by atoms with Gasteiger partial charge in [-0.05, 0) is 29.8 Å². The molecule has 19 heavy (non-hydrogen) atoms. The van der Waals surface area contributed by atoms with Gasteiger partial charge in [-0.25, -0.2) is 0 Å². The normalized spacial score (nSPS) is 9.53. The molecular weight excluding hydrogens is 240 g/mol. The molecule has 3 N–H and O–H groups in total. The number of hydrogen-bond donors (Lipinski definition) is 3. The second-order valence-corrected chi connectivity index (χ2v) is 3.92. The third kappa shape index (κ3) is 3.73. The van der Waals surface area contributed by atoms with Crippen LogP contribution in [0.15, 0.2) is 42.6 Å². The zero-order chi connectivity index (χ0) is 13.5. The molecule has 2 aromatic rings. The van der Waals surface area contributed by atoms with E-state index >= 15 is 0 Å². The van der Waals surface area contributed by atoms with E-state index in [9.17, 15) is 4.79 Å². The highest BCUT2D eigenvalue weighted by Crippen LogP contribution is 2.03. The number of benzene rings is 1. The predicted octanol–water partition coefficient (Wildman–Crippen LogP) is 1.29. The quantitative estimate of drug-likeness (QED) is 0.723. The van der Waals surface area contributed by atoms with Crippen LogP contribution in [0.2, 0.25) is 0 Å². The zero-order valence-electron chi connectivity index (χ0n) is 10.3. The van der Waals surface area contributed by atoms with E-state index in [1.807, 2.05) is 24.3 Å². The van der Waals surface area contributed by atoms with Gasteiger partial charge in [-0.3, -0.25) is 4.79 Å². The van der Waals surface area contributed by atoms with Crippen LogP contribution < -0.4 is 5.32 Å². The van der Waals surface area contributed by atoms with Crippen LogP contribution >= 0.6 is 0 Å². The van der Waals surface area contributed by atoms with Gasteiger partial charge in [0, 0.05) is 18.3 Å². The first-order valence-corrected chi connectivity index (χ1v) is 5.90. The molecular formula is C15H14N2O2. The number of H-pyrrole nitrogens is 1. The van der Waals surface area contributed by atoms with Crippen molar-refractivity contribution in [2.24, 2.45) is 0 Å². The fraction of sp³-hybridized carbons (Fsp3) is 0.133. The molecule has 4 nitrogen and oxygen atoms in total. The maximum Gasteiger partial charge on any atom is 0.267 e. The summed E-state index contributed by atoms with van der Waals surface area (Å²) in [5.74, 6) is 5.27. The van der Waals surface area contributed by atoms with Gasteiger partial charge in [0.25, 0.3) is 5.91 Å². The Morgan fingerprint density at radius 2 is 2.05 bits per heavy atom. The molecule has 0 aliphatic heterocycles. The van der Waals surface area contributed by atoms with Crippen molar-refractivity contribution in [2.45, 2.75) is 6.54 Å². The van der Waals surface area contributed by atoms with E-state index in [1.165, 1.54) is 0 Å². The summed E-state index contributed by atoms with van der Waals surface area (Å²) >= 11 is 0. The van der Waals surface area contributed by atoms with Gasteiger partial charge in [-0.15, -0.1) is 0 Å². The molecule has 0 fully saturated rings. The summed E-state index contributed by atoms with van der Waals surface area (Å²) < 4.78 is 0. The van der Waals surface area contributed by atoms with E-state index in [0.29, 0.717) is 12.2 Å². The van der Waals surface area contributed by atoms with Crippen molar-refractivity contribution in [3.05, 3.63) is 59.4 Å². The van der Waals surface area contributed by atoms with Crippen LogP contribution in [0.25, 0.3) is 0 Å². The third-order valence-electron chi connectivity index (χ3n) is 2.56. The van der Waals surface area contributed by atoms with Crippen LogP contribution in [-0.2, 0) is 6.54 Å². The first kappa shape index (κ1) is 12.9. The van der Waals surface area contributed by atoms with Gasteiger partial charge in [0.2, 0.25) is 0 Å². The van der Waals surface area contributed by atoms with Gasteiger partial charge in [-0.2, -0.15) is 0 Å². The van der Waals surface area contributed by atoms with Gasteiger partial charge in [0.05, 0.1) is 0 Å². The van der Waals surface area contributed by atoms with Crippen molar-refractivity contribution in [3.8, 4) is 11.8 Å². The predicted molar refractivity (Wildman–Crippen MR) is 72.4 cm³/mol. The minimum atomic E-state index is -0.145. The molecule has 2 rings (SSSR count). The number of amides is 1. The number of hydrogen-bond acceptors (Lipinski definition) is 2. The van der Waals surface area contributed by atoms with Crippen molar-refractivity contribution in [2.75, 3.05) is 6.61 Å². The lowest BCUT2D eigenvalue weighted by Crippen LogP contribution is -2.22.